The Morgan fingerprint density at radius 1 is 0.913 bits per heavy atom. The number of hydrogen-bond acceptors (Lipinski definition) is 2. The fourth-order valence-electron chi connectivity index (χ4n) is 4.14. The van der Waals surface area contributed by atoms with Gasteiger partial charge < -0.3 is 0 Å². The molecule has 2 aromatic carbocycles. The Kier molecular flexibility index (Phi) is 3.96. The second-order valence-electron chi connectivity index (χ2n) is 7.17. The van der Waals surface area contributed by atoms with Crippen molar-refractivity contribution in [1.82, 2.24) is 9.80 Å². The smallest absolute Gasteiger partial charge is 0.0475 e. The maximum atomic E-state index is 2.73. The maximum absolute atomic E-state index is 2.73. The van der Waals surface area contributed by atoms with Gasteiger partial charge in [-0.15, -0.1) is 0 Å². The van der Waals surface area contributed by atoms with Gasteiger partial charge >= 0.3 is 0 Å². The molecule has 0 amide bonds. The average Bonchev–Trinajstić information content (AvgIpc) is 3.38. The van der Waals surface area contributed by atoms with Crippen LogP contribution in [0.5, 0.6) is 0 Å². The van der Waals surface area contributed by atoms with Crippen molar-refractivity contribution in [2.45, 2.75) is 31.3 Å². The van der Waals surface area contributed by atoms with E-state index in [0.29, 0.717) is 6.04 Å². The van der Waals surface area contributed by atoms with Gasteiger partial charge in [-0.05, 0) is 37.1 Å². The number of likely N-dealkylation sites (N-methyl/N-ethyl adjacent to an activating group) is 1. The van der Waals surface area contributed by atoms with Crippen LogP contribution in [-0.4, -0.2) is 42.5 Å². The van der Waals surface area contributed by atoms with Gasteiger partial charge in [0.05, 0.1) is 0 Å². The van der Waals surface area contributed by atoms with Gasteiger partial charge in [0.25, 0.3) is 0 Å². The summed E-state index contributed by atoms with van der Waals surface area (Å²) in [5, 5.41) is 0. The van der Waals surface area contributed by atoms with E-state index in [1.54, 1.807) is 0 Å². The zero-order valence-corrected chi connectivity index (χ0v) is 14.2. The van der Waals surface area contributed by atoms with Crippen LogP contribution >= 0.6 is 0 Å². The third kappa shape index (κ3) is 2.93. The molecule has 4 rings (SSSR count). The third-order valence-corrected chi connectivity index (χ3v) is 5.68. The Hall–Kier alpha value is -1.64. The number of rotatable bonds is 3. The first-order valence-electron chi connectivity index (χ1n) is 8.79. The van der Waals surface area contributed by atoms with Crippen LogP contribution in [-0.2, 0) is 0 Å². The van der Waals surface area contributed by atoms with E-state index in [2.05, 4.69) is 78.4 Å². The molecule has 1 aliphatic heterocycles. The number of nitrogens with zero attached hydrogens (tertiary/aromatic N) is 2. The molecule has 2 nitrogen and oxygen atoms in total. The molecule has 1 saturated heterocycles. The number of benzene rings is 2. The quantitative estimate of drug-likeness (QED) is 0.850. The van der Waals surface area contributed by atoms with Crippen molar-refractivity contribution in [3.8, 4) is 0 Å². The molecular formula is C21H26N2. The predicted octanol–water partition coefficient (Wildman–Crippen LogP) is 3.84. The van der Waals surface area contributed by atoms with E-state index in [0.717, 1.165) is 25.0 Å². The summed E-state index contributed by atoms with van der Waals surface area (Å²) in [5.41, 5.74) is 4.43. The maximum Gasteiger partial charge on any atom is 0.0475 e. The first-order chi connectivity index (χ1) is 11.2. The molecule has 1 unspecified atom stereocenters. The van der Waals surface area contributed by atoms with Gasteiger partial charge in [0.15, 0.2) is 0 Å². The molecule has 0 radical (unpaired) electrons. The zero-order valence-electron chi connectivity index (χ0n) is 14.2. The summed E-state index contributed by atoms with van der Waals surface area (Å²) in [6.45, 7) is 5.77. The van der Waals surface area contributed by atoms with Gasteiger partial charge in [-0.2, -0.15) is 0 Å². The fraction of sp³-hybridized carbons (Fsp3) is 0.429. The van der Waals surface area contributed by atoms with Gasteiger partial charge in [0.1, 0.15) is 0 Å². The molecule has 3 atom stereocenters. The molecule has 0 N–H and O–H groups in total. The standard InChI is InChI=1S/C21H26N2/c1-16-8-6-7-11-18(16)21-15-23(13-12-22(21)2)20-14-19(20)17-9-4-3-5-10-17/h3-11,19-21H,12-15H2,1-2H3/t19-,20+,21?/m0/s1. The van der Waals surface area contributed by atoms with E-state index < -0.39 is 0 Å². The van der Waals surface area contributed by atoms with Crippen LogP contribution in [0.3, 0.4) is 0 Å². The monoisotopic (exact) mass is 306 g/mol. The Bertz CT molecular complexity index is 667. The highest BCUT2D eigenvalue weighted by Gasteiger charge is 2.44. The molecule has 2 aliphatic rings. The topological polar surface area (TPSA) is 6.48 Å². The molecule has 120 valence electrons. The van der Waals surface area contributed by atoms with Crippen LogP contribution in [0.2, 0.25) is 0 Å². The van der Waals surface area contributed by atoms with Crippen molar-refractivity contribution < 1.29 is 0 Å². The first-order valence-corrected chi connectivity index (χ1v) is 8.79. The highest BCUT2D eigenvalue weighted by molar-refractivity contribution is 5.31. The van der Waals surface area contributed by atoms with Gasteiger partial charge in [0, 0.05) is 37.6 Å². The van der Waals surface area contributed by atoms with E-state index in [4.69, 9.17) is 0 Å². The molecule has 1 saturated carbocycles. The van der Waals surface area contributed by atoms with Gasteiger partial charge in [-0.3, -0.25) is 9.80 Å². The lowest BCUT2D eigenvalue weighted by atomic mass is 9.98. The van der Waals surface area contributed by atoms with Crippen LogP contribution in [0.4, 0.5) is 0 Å². The van der Waals surface area contributed by atoms with E-state index in [1.807, 2.05) is 0 Å². The summed E-state index contributed by atoms with van der Waals surface area (Å²) >= 11 is 0. The minimum Gasteiger partial charge on any atom is -0.297 e. The van der Waals surface area contributed by atoms with Gasteiger partial charge in [-0.25, -0.2) is 0 Å². The highest BCUT2D eigenvalue weighted by Crippen LogP contribution is 2.46. The molecule has 23 heavy (non-hydrogen) atoms. The van der Waals surface area contributed by atoms with Crippen molar-refractivity contribution in [2.75, 3.05) is 26.7 Å². The zero-order chi connectivity index (χ0) is 15.8. The Balaban J connectivity index is 1.49. The second-order valence-corrected chi connectivity index (χ2v) is 7.17. The first kappa shape index (κ1) is 14.9. The molecule has 1 aliphatic carbocycles. The molecule has 2 aromatic rings. The molecule has 0 spiro atoms. The van der Waals surface area contributed by atoms with Crippen molar-refractivity contribution in [3.05, 3.63) is 71.3 Å². The van der Waals surface area contributed by atoms with E-state index in [-0.39, 0.29) is 0 Å². The van der Waals surface area contributed by atoms with E-state index >= 15 is 0 Å². The molecule has 2 heteroatoms. The van der Waals surface area contributed by atoms with Gasteiger partial charge in [0.2, 0.25) is 0 Å². The lowest BCUT2D eigenvalue weighted by Gasteiger charge is -2.40. The number of piperazine rings is 1. The molecular weight excluding hydrogens is 280 g/mol. The number of aryl methyl sites for hydroxylation is 1. The lowest BCUT2D eigenvalue weighted by molar-refractivity contribution is 0.0883. The minimum absolute atomic E-state index is 0.530. The van der Waals surface area contributed by atoms with Crippen molar-refractivity contribution in [3.63, 3.8) is 0 Å². The van der Waals surface area contributed by atoms with Crippen LogP contribution in [0.1, 0.15) is 35.1 Å². The molecule has 0 aromatic heterocycles. The van der Waals surface area contributed by atoms with E-state index in [9.17, 15) is 0 Å². The molecule has 2 fully saturated rings. The Labute approximate surface area is 139 Å². The molecule has 0 bridgehead atoms. The van der Waals surface area contributed by atoms with Crippen molar-refractivity contribution in [1.29, 1.82) is 0 Å². The lowest BCUT2D eigenvalue weighted by Crippen LogP contribution is -2.47. The summed E-state index contributed by atoms with van der Waals surface area (Å²) in [4.78, 5) is 5.26. The fourth-order valence-corrected chi connectivity index (χ4v) is 4.14. The van der Waals surface area contributed by atoms with Crippen LogP contribution in [0, 0.1) is 6.92 Å². The summed E-state index contributed by atoms with van der Waals surface area (Å²) in [6, 6.07) is 21.2. The Morgan fingerprint density at radius 3 is 2.43 bits per heavy atom. The van der Waals surface area contributed by atoms with Crippen molar-refractivity contribution >= 4 is 0 Å². The predicted molar refractivity (Wildman–Crippen MR) is 95.7 cm³/mol. The summed E-state index contributed by atoms with van der Waals surface area (Å²) in [5.74, 6) is 0.747. The van der Waals surface area contributed by atoms with Crippen molar-refractivity contribution in [2.24, 2.45) is 0 Å². The SMILES string of the molecule is Cc1ccccc1C1CN([C@@H]2C[C@H]2c2ccccc2)CCN1C. The third-order valence-electron chi connectivity index (χ3n) is 5.68. The minimum atomic E-state index is 0.530. The summed E-state index contributed by atoms with van der Waals surface area (Å²) < 4.78 is 0. The Morgan fingerprint density at radius 2 is 1.65 bits per heavy atom. The average molecular weight is 306 g/mol. The highest BCUT2D eigenvalue weighted by atomic mass is 15.3. The number of hydrogen-bond donors (Lipinski definition) is 0. The van der Waals surface area contributed by atoms with E-state index in [1.165, 1.54) is 29.7 Å². The normalized spacial score (nSPS) is 28.7. The van der Waals surface area contributed by atoms with Gasteiger partial charge in [-0.1, -0.05) is 54.6 Å². The molecule has 1 heterocycles. The summed E-state index contributed by atoms with van der Waals surface area (Å²) in [6.07, 6.45) is 1.33. The van der Waals surface area contributed by atoms with Crippen LogP contribution in [0.25, 0.3) is 0 Å². The second kappa shape index (κ2) is 6.10. The summed E-state index contributed by atoms with van der Waals surface area (Å²) in [7, 11) is 2.27. The van der Waals surface area contributed by atoms with Crippen LogP contribution in [0.15, 0.2) is 54.6 Å². The largest absolute Gasteiger partial charge is 0.297 e. The van der Waals surface area contributed by atoms with Crippen LogP contribution < -0.4 is 0 Å².